The largest absolute Gasteiger partial charge is 0.0885 e. The monoisotopic (exact) mass is 1070 g/mol. The summed E-state index contributed by atoms with van der Waals surface area (Å²) < 4.78 is 0. The Morgan fingerprint density at radius 2 is 0.351 bits per heavy atom. The van der Waals surface area contributed by atoms with Crippen molar-refractivity contribution in [3.8, 4) is 0 Å². The fraction of sp³-hybridized carbons (Fsp3) is 0.844. The normalized spacial score (nSPS) is 23.1. The summed E-state index contributed by atoms with van der Waals surface area (Å²) in [5.41, 5.74) is 3.52. The standard InChI is InChI=1S/2C14H26.2C13H24.C12H22.C11H20/c2*1-12(2)14(13(3)4)10-8-6-5-7-9-11-14;2*1-11(2)13(12(3)4)9-7-5-6-8-10-13;1-10(2)12(11(3)4)8-6-5-7-9-12;1-9(2)11(10(3)4)7-5-6-8-11/h6,8,12-13H,5,7,9-11H2,1-4H3;5-6,12-13H,7-11H2,1-4H3;5,7,11-12H,6,8-10H2,1-4H3;5-6,11-12H,7-10H2,1-4H3;5-6,10-11H,7-9H2,1-4H3;5-6,9-10H,7-8H2,1-4H3/b8-6-;6-5-;;;;. The Hall–Kier alpha value is -1.56. The van der Waals surface area contributed by atoms with Crippen LogP contribution in [0.4, 0.5) is 0 Å². The van der Waals surface area contributed by atoms with Crippen LogP contribution >= 0.6 is 0 Å². The first-order chi connectivity index (χ1) is 36.1. The van der Waals surface area contributed by atoms with E-state index in [0.29, 0.717) is 32.5 Å². The zero-order chi connectivity index (χ0) is 58.7. The summed E-state index contributed by atoms with van der Waals surface area (Å²) in [7, 11) is 0. The molecule has 0 N–H and O–H groups in total. The van der Waals surface area contributed by atoms with Crippen molar-refractivity contribution in [1.29, 1.82) is 0 Å². The molecular weight excluding hydrogens is 925 g/mol. The van der Waals surface area contributed by atoms with Crippen LogP contribution in [0.2, 0.25) is 0 Å². The molecule has 0 radical (unpaired) electrons. The van der Waals surface area contributed by atoms with Crippen molar-refractivity contribution in [1.82, 2.24) is 0 Å². The minimum atomic E-state index is 0.566. The van der Waals surface area contributed by atoms with Crippen molar-refractivity contribution in [3.05, 3.63) is 72.9 Å². The summed E-state index contributed by atoms with van der Waals surface area (Å²) in [6.07, 6.45) is 59.4. The van der Waals surface area contributed by atoms with Gasteiger partial charge in [-0.15, -0.1) is 0 Å². The summed E-state index contributed by atoms with van der Waals surface area (Å²) in [5.74, 6) is 9.84. The summed E-state index contributed by atoms with van der Waals surface area (Å²) in [5, 5.41) is 0. The molecule has 0 saturated heterocycles. The lowest BCUT2D eigenvalue weighted by Crippen LogP contribution is -2.33. The van der Waals surface area contributed by atoms with Crippen LogP contribution in [0.25, 0.3) is 0 Å². The molecule has 6 rings (SSSR count). The highest BCUT2D eigenvalue weighted by Crippen LogP contribution is 2.50. The second-order valence-corrected chi connectivity index (χ2v) is 30.3. The van der Waals surface area contributed by atoms with Gasteiger partial charge in [-0.1, -0.05) is 246 Å². The van der Waals surface area contributed by atoms with E-state index in [2.05, 4.69) is 239 Å². The fourth-order valence-corrected chi connectivity index (χ4v) is 16.6. The van der Waals surface area contributed by atoms with Gasteiger partial charge in [0.1, 0.15) is 0 Å². The van der Waals surface area contributed by atoms with Gasteiger partial charge < -0.3 is 0 Å². The summed E-state index contributed by atoms with van der Waals surface area (Å²) in [4.78, 5) is 0. The molecule has 77 heavy (non-hydrogen) atoms. The van der Waals surface area contributed by atoms with Crippen LogP contribution < -0.4 is 0 Å². The molecular formula is C77H142. The molecule has 0 heterocycles. The van der Waals surface area contributed by atoms with E-state index >= 15 is 0 Å². The molecule has 0 aromatic heterocycles. The van der Waals surface area contributed by atoms with Crippen molar-refractivity contribution in [2.75, 3.05) is 0 Å². The zero-order valence-corrected chi connectivity index (χ0v) is 57.1. The minimum absolute atomic E-state index is 0.566. The first kappa shape index (κ1) is 73.5. The van der Waals surface area contributed by atoms with Gasteiger partial charge in [0.15, 0.2) is 0 Å². The zero-order valence-electron chi connectivity index (χ0n) is 57.1. The summed E-state index contributed by atoms with van der Waals surface area (Å²) in [6, 6.07) is 0. The first-order valence-electron chi connectivity index (χ1n) is 34.0. The number of hydrogen-bond donors (Lipinski definition) is 0. The Bertz CT molecular complexity index is 1610. The highest BCUT2D eigenvalue weighted by molar-refractivity contribution is 5.06. The molecule has 6 aliphatic carbocycles. The lowest BCUT2D eigenvalue weighted by Gasteiger charge is -2.42. The molecule has 0 amide bonds. The maximum absolute atomic E-state index is 2.43. The Morgan fingerprint density at radius 1 is 0.169 bits per heavy atom. The van der Waals surface area contributed by atoms with Crippen molar-refractivity contribution in [2.45, 2.75) is 314 Å². The highest BCUT2D eigenvalue weighted by atomic mass is 14.5. The molecule has 0 spiro atoms. The molecule has 6 aliphatic rings. The van der Waals surface area contributed by atoms with E-state index in [4.69, 9.17) is 0 Å². The van der Waals surface area contributed by atoms with Gasteiger partial charge in [0.25, 0.3) is 0 Å². The summed E-state index contributed by atoms with van der Waals surface area (Å²) in [6.45, 7) is 57.3. The SMILES string of the molecule is CC(C)C1(C(C)C)C/C=C\CCCC1.CC(C)C1(C(C)C)CC/C=C\CCC1.CC(C)C1(C(C)C)CC=CC1.CC(C)C1(C(C)C)CC=CCC1.CC(C)C1(C(C)C)CC=CCCC1.CC(C)C1(C(C)C)CCC=CCC1. The smallest absolute Gasteiger partial charge is 0.0182 e. The van der Waals surface area contributed by atoms with Gasteiger partial charge in [-0.05, 0) is 245 Å². The Labute approximate surface area is 487 Å². The van der Waals surface area contributed by atoms with Gasteiger partial charge in [-0.2, -0.15) is 0 Å². The Kier molecular flexibility index (Phi) is 34.4. The van der Waals surface area contributed by atoms with Gasteiger partial charge >= 0.3 is 0 Å². The Morgan fingerprint density at radius 3 is 0.636 bits per heavy atom. The third-order valence-electron chi connectivity index (χ3n) is 23.7. The molecule has 0 aliphatic heterocycles. The molecule has 0 nitrogen and oxygen atoms in total. The number of allylic oxidation sites excluding steroid dienone is 12. The topological polar surface area (TPSA) is 0 Å². The van der Waals surface area contributed by atoms with Crippen molar-refractivity contribution >= 4 is 0 Å². The minimum Gasteiger partial charge on any atom is -0.0885 e. The lowest BCUT2D eigenvalue weighted by atomic mass is 9.62. The van der Waals surface area contributed by atoms with E-state index in [1.165, 1.54) is 148 Å². The Balaban J connectivity index is 0.000000463. The van der Waals surface area contributed by atoms with E-state index in [-0.39, 0.29) is 0 Å². The highest BCUT2D eigenvalue weighted by Gasteiger charge is 2.40. The van der Waals surface area contributed by atoms with E-state index in [0.717, 1.165) is 71.0 Å². The van der Waals surface area contributed by atoms with Gasteiger partial charge in [-0.25, -0.2) is 0 Å². The molecule has 0 bridgehead atoms. The predicted octanol–water partition coefficient (Wildman–Crippen LogP) is 26.1. The van der Waals surface area contributed by atoms with E-state index < -0.39 is 0 Å². The van der Waals surface area contributed by atoms with Gasteiger partial charge in [0.05, 0.1) is 0 Å². The fourth-order valence-electron chi connectivity index (χ4n) is 16.6. The number of rotatable bonds is 12. The van der Waals surface area contributed by atoms with E-state index in [1.54, 1.807) is 0 Å². The van der Waals surface area contributed by atoms with Crippen molar-refractivity contribution in [2.24, 2.45) is 104 Å². The third kappa shape index (κ3) is 21.3. The maximum atomic E-state index is 2.43. The van der Waals surface area contributed by atoms with Crippen LogP contribution in [0.1, 0.15) is 314 Å². The van der Waals surface area contributed by atoms with Crippen LogP contribution in [0.15, 0.2) is 72.9 Å². The third-order valence-corrected chi connectivity index (χ3v) is 23.7. The molecule has 450 valence electrons. The van der Waals surface area contributed by atoms with E-state index in [9.17, 15) is 0 Å². The molecule has 0 fully saturated rings. The molecule has 0 unspecified atom stereocenters. The average Bonchev–Trinajstić information content (AvgIpc) is 3.53. The van der Waals surface area contributed by atoms with Crippen LogP contribution in [-0.2, 0) is 0 Å². The average molecular weight is 1070 g/mol. The maximum Gasteiger partial charge on any atom is -0.0182 e. The molecule has 0 aromatic carbocycles. The second kappa shape index (κ2) is 36.1. The van der Waals surface area contributed by atoms with Crippen LogP contribution in [0.3, 0.4) is 0 Å². The van der Waals surface area contributed by atoms with E-state index in [1.807, 2.05) is 0 Å². The first-order valence-corrected chi connectivity index (χ1v) is 34.0. The number of hydrogen-bond acceptors (Lipinski definition) is 0. The lowest BCUT2D eigenvalue weighted by molar-refractivity contribution is 0.0827. The van der Waals surface area contributed by atoms with Gasteiger partial charge in [-0.3, -0.25) is 0 Å². The van der Waals surface area contributed by atoms with Gasteiger partial charge in [0.2, 0.25) is 0 Å². The molecule has 0 atom stereocenters. The van der Waals surface area contributed by atoms with Crippen LogP contribution in [0.5, 0.6) is 0 Å². The predicted molar refractivity (Wildman–Crippen MR) is 354 cm³/mol. The van der Waals surface area contributed by atoms with Crippen LogP contribution in [0, 0.1) is 104 Å². The second-order valence-electron chi connectivity index (χ2n) is 30.3. The summed E-state index contributed by atoms with van der Waals surface area (Å²) >= 11 is 0. The van der Waals surface area contributed by atoms with Crippen molar-refractivity contribution < 1.29 is 0 Å². The van der Waals surface area contributed by atoms with Crippen molar-refractivity contribution in [3.63, 3.8) is 0 Å². The molecule has 0 aromatic rings. The quantitative estimate of drug-likeness (QED) is 0.171. The van der Waals surface area contributed by atoms with Crippen LogP contribution in [-0.4, -0.2) is 0 Å². The molecule has 0 saturated carbocycles. The molecule has 0 heteroatoms. The van der Waals surface area contributed by atoms with Gasteiger partial charge in [0, 0.05) is 0 Å².